The SMILES string of the molecule is Cl.O=C(NCC(F)(F)F)C1COCCN1. The second kappa shape index (κ2) is 6.14. The van der Waals surface area contributed by atoms with Crippen molar-refractivity contribution < 1.29 is 22.7 Å². The molecule has 1 saturated heterocycles. The van der Waals surface area contributed by atoms with Gasteiger partial charge in [0.15, 0.2) is 0 Å². The summed E-state index contributed by atoms with van der Waals surface area (Å²) in [5.41, 5.74) is 0. The van der Waals surface area contributed by atoms with E-state index in [1.54, 1.807) is 5.32 Å². The van der Waals surface area contributed by atoms with Gasteiger partial charge in [-0.05, 0) is 0 Å². The van der Waals surface area contributed by atoms with E-state index >= 15 is 0 Å². The molecule has 1 aliphatic heterocycles. The summed E-state index contributed by atoms with van der Waals surface area (Å²) in [6.07, 6.45) is -4.37. The molecule has 0 bridgehead atoms. The van der Waals surface area contributed by atoms with Crippen LogP contribution in [0.4, 0.5) is 13.2 Å². The second-order valence-electron chi connectivity index (χ2n) is 2.91. The normalized spacial score (nSPS) is 21.7. The number of ether oxygens (including phenoxy) is 1. The van der Waals surface area contributed by atoms with E-state index in [-0.39, 0.29) is 19.0 Å². The molecule has 0 spiro atoms. The first kappa shape index (κ1) is 14.5. The van der Waals surface area contributed by atoms with Gasteiger partial charge in [0, 0.05) is 6.54 Å². The maximum absolute atomic E-state index is 11.7. The van der Waals surface area contributed by atoms with Crippen LogP contribution in [0.25, 0.3) is 0 Å². The van der Waals surface area contributed by atoms with E-state index in [0.717, 1.165) is 0 Å². The smallest absolute Gasteiger partial charge is 0.378 e. The number of carbonyl (C=O) groups is 1. The van der Waals surface area contributed by atoms with Crippen molar-refractivity contribution in [3.63, 3.8) is 0 Å². The number of hydrogen-bond acceptors (Lipinski definition) is 3. The molecular formula is C7H12ClF3N2O2. The molecule has 0 aromatic heterocycles. The molecule has 1 fully saturated rings. The molecule has 0 aromatic carbocycles. The van der Waals surface area contributed by atoms with Gasteiger partial charge in [0.2, 0.25) is 5.91 Å². The predicted octanol–water partition coefficient (Wildman–Crippen LogP) is 0.0751. The minimum absolute atomic E-state index is 0. The highest BCUT2D eigenvalue weighted by Gasteiger charge is 2.30. The van der Waals surface area contributed by atoms with Gasteiger partial charge in [-0.1, -0.05) is 0 Å². The third-order valence-corrected chi connectivity index (χ3v) is 1.70. The Morgan fingerprint density at radius 3 is 2.67 bits per heavy atom. The van der Waals surface area contributed by atoms with Crippen molar-refractivity contribution in [2.75, 3.05) is 26.3 Å². The van der Waals surface area contributed by atoms with Crippen molar-refractivity contribution in [1.29, 1.82) is 0 Å². The lowest BCUT2D eigenvalue weighted by atomic mass is 10.2. The van der Waals surface area contributed by atoms with Gasteiger partial charge in [-0.15, -0.1) is 12.4 Å². The summed E-state index contributed by atoms with van der Waals surface area (Å²) < 4.78 is 40.1. The highest BCUT2D eigenvalue weighted by atomic mass is 35.5. The molecule has 4 nitrogen and oxygen atoms in total. The number of amides is 1. The van der Waals surface area contributed by atoms with E-state index in [2.05, 4.69) is 5.32 Å². The summed E-state index contributed by atoms with van der Waals surface area (Å²) in [5.74, 6) is -0.679. The zero-order valence-corrected chi connectivity index (χ0v) is 8.58. The molecule has 1 amide bonds. The quantitative estimate of drug-likeness (QED) is 0.728. The van der Waals surface area contributed by atoms with Crippen LogP contribution in [0.1, 0.15) is 0 Å². The first-order valence-electron chi connectivity index (χ1n) is 4.14. The van der Waals surface area contributed by atoms with E-state index in [1.165, 1.54) is 0 Å². The van der Waals surface area contributed by atoms with Gasteiger partial charge in [-0.3, -0.25) is 4.79 Å². The maximum atomic E-state index is 11.7. The van der Waals surface area contributed by atoms with Crippen LogP contribution in [0, 0.1) is 0 Å². The molecule has 8 heteroatoms. The molecule has 1 unspecified atom stereocenters. The fourth-order valence-corrected chi connectivity index (χ4v) is 1.04. The molecular weight excluding hydrogens is 237 g/mol. The van der Waals surface area contributed by atoms with Gasteiger partial charge >= 0.3 is 6.18 Å². The third kappa shape index (κ3) is 5.81. The lowest BCUT2D eigenvalue weighted by molar-refractivity contribution is -0.141. The van der Waals surface area contributed by atoms with Gasteiger partial charge < -0.3 is 15.4 Å². The van der Waals surface area contributed by atoms with Crippen LogP contribution >= 0.6 is 12.4 Å². The Hall–Kier alpha value is -0.530. The van der Waals surface area contributed by atoms with Crippen molar-refractivity contribution in [2.24, 2.45) is 0 Å². The molecule has 15 heavy (non-hydrogen) atoms. The first-order valence-corrected chi connectivity index (χ1v) is 4.14. The number of carbonyl (C=O) groups excluding carboxylic acids is 1. The van der Waals surface area contributed by atoms with Crippen molar-refractivity contribution in [3.05, 3.63) is 0 Å². The van der Waals surface area contributed by atoms with Crippen LogP contribution in [0.2, 0.25) is 0 Å². The average molecular weight is 249 g/mol. The molecule has 1 atom stereocenters. The van der Waals surface area contributed by atoms with Crippen LogP contribution in [0.15, 0.2) is 0 Å². The topological polar surface area (TPSA) is 50.4 Å². The Labute approximate surface area is 90.9 Å². The zero-order chi connectivity index (χ0) is 10.6. The van der Waals surface area contributed by atoms with Crippen LogP contribution in [0.5, 0.6) is 0 Å². The highest BCUT2D eigenvalue weighted by molar-refractivity contribution is 5.85. The zero-order valence-electron chi connectivity index (χ0n) is 7.76. The fraction of sp³-hybridized carbons (Fsp3) is 0.857. The number of rotatable bonds is 2. The number of nitrogens with one attached hydrogen (secondary N) is 2. The maximum Gasteiger partial charge on any atom is 0.405 e. The summed E-state index contributed by atoms with van der Waals surface area (Å²) in [5, 5.41) is 4.54. The summed E-state index contributed by atoms with van der Waals surface area (Å²) in [6, 6.07) is -0.675. The van der Waals surface area contributed by atoms with Crippen molar-refractivity contribution in [2.45, 2.75) is 12.2 Å². The van der Waals surface area contributed by atoms with Gasteiger partial charge in [-0.25, -0.2) is 0 Å². The molecule has 90 valence electrons. The van der Waals surface area contributed by atoms with Gasteiger partial charge in [0.1, 0.15) is 12.6 Å². The molecule has 0 aliphatic carbocycles. The van der Waals surface area contributed by atoms with Crippen LogP contribution in [0.3, 0.4) is 0 Å². The lowest BCUT2D eigenvalue weighted by Crippen LogP contribution is -2.52. The van der Waals surface area contributed by atoms with Crippen LogP contribution in [-0.4, -0.2) is 44.4 Å². The van der Waals surface area contributed by atoms with E-state index in [0.29, 0.717) is 13.2 Å². The number of alkyl halides is 3. The monoisotopic (exact) mass is 248 g/mol. The predicted molar refractivity (Wildman–Crippen MR) is 48.9 cm³/mol. The Morgan fingerprint density at radius 1 is 1.53 bits per heavy atom. The molecule has 1 rings (SSSR count). The summed E-state index contributed by atoms with van der Waals surface area (Å²) >= 11 is 0. The number of morpholine rings is 1. The molecule has 1 aliphatic rings. The van der Waals surface area contributed by atoms with Crippen LogP contribution in [-0.2, 0) is 9.53 Å². The average Bonchev–Trinajstić information content (AvgIpc) is 2.14. The Bertz CT molecular complexity index is 207. The summed E-state index contributed by atoms with van der Waals surface area (Å²) in [4.78, 5) is 11.1. The molecule has 0 aromatic rings. The van der Waals surface area contributed by atoms with Crippen LogP contribution < -0.4 is 10.6 Å². The lowest BCUT2D eigenvalue weighted by Gasteiger charge is -2.23. The Morgan fingerprint density at radius 2 is 2.20 bits per heavy atom. The molecule has 0 radical (unpaired) electrons. The van der Waals surface area contributed by atoms with Crippen molar-refractivity contribution >= 4 is 18.3 Å². The first-order chi connectivity index (χ1) is 6.49. The standard InChI is InChI=1S/C7H11F3N2O2.ClH/c8-7(9,10)4-12-6(13)5-3-14-2-1-11-5;/h5,11H,1-4H2,(H,12,13);1H. The van der Waals surface area contributed by atoms with Gasteiger partial charge in [-0.2, -0.15) is 13.2 Å². The Balaban J connectivity index is 0.00000196. The number of halogens is 4. The van der Waals surface area contributed by atoms with Gasteiger partial charge in [0.05, 0.1) is 13.2 Å². The second-order valence-corrected chi connectivity index (χ2v) is 2.91. The minimum atomic E-state index is -4.37. The molecule has 2 N–H and O–H groups in total. The molecule has 1 heterocycles. The van der Waals surface area contributed by atoms with E-state index in [9.17, 15) is 18.0 Å². The fourth-order valence-electron chi connectivity index (χ4n) is 1.04. The third-order valence-electron chi connectivity index (χ3n) is 1.70. The highest BCUT2D eigenvalue weighted by Crippen LogP contribution is 2.12. The van der Waals surface area contributed by atoms with E-state index in [4.69, 9.17) is 4.74 Å². The molecule has 0 saturated carbocycles. The van der Waals surface area contributed by atoms with Crippen molar-refractivity contribution in [1.82, 2.24) is 10.6 Å². The van der Waals surface area contributed by atoms with Crippen molar-refractivity contribution in [3.8, 4) is 0 Å². The van der Waals surface area contributed by atoms with Gasteiger partial charge in [0.25, 0.3) is 0 Å². The number of hydrogen-bond donors (Lipinski definition) is 2. The summed E-state index contributed by atoms with van der Waals surface area (Å²) in [7, 11) is 0. The Kier molecular flexibility index (Phi) is 5.92. The largest absolute Gasteiger partial charge is 0.405 e. The van der Waals surface area contributed by atoms with E-state index < -0.39 is 24.7 Å². The minimum Gasteiger partial charge on any atom is -0.378 e. The van der Waals surface area contributed by atoms with E-state index in [1.807, 2.05) is 0 Å². The summed E-state index contributed by atoms with van der Waals surface area (Å²) in [6.45, 7) is -0.235.